The molecule has 1 aliphatic heterocycles. The number of carboxylic acids is 1. The SMILES string of the molecule is O=C(NCc1ccccc1CN1CCCC1=O)c1ccnc(C(=O)O)c1. The summed E-state index contributed by atoms with van der Waals surface area (Å²) in [5.41, 5.74) is 1.98. The predicted molar refractivity (Wildman–Crippen MR) is 93.5 cm³/mol. The molecule has 0 aliphatic carbocycles. The van der Waals surface area contributed by atoms with Gasteiger partial charge in [-0.1, -0.05) is 24.3 Å². The fourth-order valence-corrected chi connectivity index (χ4v) is 2.93. The van der Waals surface area contributed by atoms with E-state index in [1.807, 2.05) is 29.2 Å². The molecule has 0 atom stereocenters. The van der Waals surface area contributed by atoms with Crippen LogP contribution in [0.3, 0.4) is 0 Å². The first-order valence-corrected chi connectivity index (χ1v) is 8.36. The van der Waals surface area contributed by atoms with Crippen molar-refractivity contribution in [2.75, 3.05) is 6.54 Å². The van der Waals surface area contributed by atoms with Gasteiger partial charge in [0, 0.05) is 37.8 Å². The van der Waals surface area contributed by atoms with Crippen LogP contribution in [-0.4, -0.2) is 39.3 Å². The van der Waals surface area contributed by atoms with E-state index in [0.717, 1.165) is 24.1 Å². The van der Waals surface area contributed by atoms with Crippen LogP contribution in [0.1, 0.15) is 44.8 Å². The predicted octanol–water partition coefficient (Wildman–Crippen LogP) is 1.83. The number of hydrogen-bond acceptors (Lipinski definition) is 4. The van der Waals surface area contributed by atoms with Crippen molar-refractivity contribution in [3.05, 3.63) is 65.0 Å². The maximum absolute atomic E-state index is 12.3. The first-order chi connectivity index (χ1) is 12.5. The van der Waals surface area contributed by atoms with Crippen molar-refractivity contribution in [2.45, 2.75) is 25.9 Å². The van der Waals surface area contributed by atoms with Crippen molar-refractivity contribution < 1.29 is 19.5 Å². The number of carbonyl (C=O) groups is 3. The number of rotatable bonds is 6. The third kappa shape index (κ3) is 4.05. The van der Waals surface area contributed by atoms with E-state index in [1.54, 1.807) is 0 Å². The first-order valence-electron chi connectivity index (χ1n) is 8.36. The Morgan fingerprint density at radius 1 is 1.19 bits per heavy atom. The summed E-state index contributed by atoms with van der Waals surface area (Å²) in [6.45, 7) is 1.58. The summed E-state index contributed by atoms with van der Waals surface area (Å²) in [6, 6.07) is 10.4. The maximum atomic E-state index is 12.3. The van der Waals surface area contributed by atoms with Gasteiger partial charge < -0.3 is 15.3 Å². The Kier molecular flexibility index (Phi) is 5.26. The quantitative estimate of drug-likeness (QED) is 0.825. The fraction of sp³-hybridized carbons (Fsp3) is 0.263. The smallest absolute Gasteiger partial charge is 0.354 e. The molecule has 1 aliphatic rings. The molecule has 0 radical (unpaired) electrons. The fourth-order valence-electron chi connectivity index (χ4n) is 2.93. The minimum atomic E-state index is -1.18. The second-order valence-electron chi connectivity index (χ2n) is 6.11. The standard InChI is InChI=1S/C19H19N3O4/c23-17-6-3-9-22(17)12-15-5-2-1-4-14(15)11-21-18(24)13-7-8-20-16(10-13)19(25)26/h1-2,4-5,7-8,10H,3,6,9,11-12H2,(H,21,24)(H,25,26). The number of hydrogen-bond donors (Lipinski definition) is 2. The Morgan fingerprint density at radius 3 is 2.65 bits per heavy atom. The van der Waals surface area contributed by atoms with Crippen LogP contribution in [0.25, 0.3) is 0 Å². The Balaban J connectivity index is 1.68. The summed E-state index contributed by atoms with van der Waals surface area (Å²) in [7, 11) is 0. The van der Waals surface area contributed by atoms with E-state index in [-0.39, 0.29) is 23.1 Å². The van der Waals surface area contributed by atoms with Gasteiger partial charge in [0.15, 0.2) is 0 Å². The van der Waals surface area contributed by atoms with Crippen molar-refractivity contribution in [1.82, 2.24) is 15.2 Å². The average molecular weight is 353 g/mol. The lowest BCUT2D eigenvalue weighted by Gasteiger charge is -2.18. The van der Waals surface area contributed by atoms with Gasteiger partial charge in [0.25, 0.3) is 5.91 Å². The number of aromatic carboxylic acids is 1. The molecule has 1 saturated heterocycles. The summed E-state index contributed by atoms with van der Waals surface area (Å²) in [5, 5.41) is 11.8. The normalized spacial score (nSPS) is 13.7. The van der Waals surface area contributed by atoms with E-state index >= 15 is 0 Å². The topological polar surface area (TPSA) is 99.6 Å². The van der Waals surface area contributed by atoms with Crippen LogP contribution in [0.4, 0.5) is 0 Å². The molecule has 2 heterocycles. The van der Waals surface area contributed by atoms with Gasteiger partial charge in [-0.3, -0.25) is 9.59 Å². The molecule has 26 heavy (non-hydrogen) atoms. The second-order valence-corrected chi connectivity index (χ2v) is 6.11. The molecule has 1 aromatic heterocycles. The zero-order valence-corrected chi connectivity index (χ0v) is 14.1. The zero-order chi connectivity index (χ0) is 18.5. The molecular formula is C19H19N3O4. The third-order valence-electron chi connectivity index (χ3n) is 4.33. The Labute approximate surface area is 150 Å². The molecule has 1 aromatic carbocycles. The molecule has 134 valence electrons. The van der Waals surface area contributed by atoms with Gasteiger partial charge in [0.05, 0.1) is 0 Å². The molecule has 7 heteroatoms. The number of aromatic nitrogens is 1. The summed E-state index contributed by atoms with van der Waals surface area (Å²) in [4.78, 5) is 40.6. The lowest BCUT2D eigenvalue weighted by atomic mass is 10.1. The molecule has 2 N–H and O–H groups in total. The Hall–Kier alpha value is -3.22. The number of pyridine rings is 1. The van der Waals surface area contributed by atoms with Crippen LogP contribution < -0.4 is 5.32 Å². The van der Waals surface area contributed by atoms with Crippen LogP contribution in [0.15, 0.2) is 42.6 Å². The lowest BCUT2D eigenvalue weighted by molar-refractivity contribution is -0.128. The average Bonchev–Trinajstić information content (AvgIpc) is 3.05. The molecule has 3 rings (SSSR count). The molecule has 1 fully saturated rings. The second kappa shape index (κ2) is 7.77. The van der Waals surface area contributed by atoms with Gasteiger partial charge in [0.2, 0.25) is 5.91 Å². The highest BCUT2D eigenvalue weighted by atomic mass is 16.4. The van der Waals surface area contributed by atoms with Gasteiger partial charge in [-0.05, 0) is 29.7 Å². The van der Waals surface area contributed by atoms with Crippen molar-refractivity contribution in [1.29, 1.82) is 0 Å². The number of carboxylic acid groups (broad SMARTS) is 1. The molecule has 0 bridgehead atoms. The number of nitrogens with one attached hydrogen (secondary N) is 1. The van der Waals surface area contributed by atoms with Crippen LogP contribution in [0.5, 0.6) is 0 Å². The highest BCUT2D eigenvalue weighted by molar-refractivity contribution is 5.96. The van der Waals surface area contributed by atoms with Gasteiger partial charge >= 0.3 is 5.97 Å². The van der Waals surface area contributed by atoms with E-state index in [0.29, 0.717) is 19.5 Å². The summed E-state index contributed by atoms with van der Waals surface area (Å²) >= 11 is 0. The first kappa shape index (κ1) is 17.6. The van der Waals surface area contributed by atoms with Gasteiger partial charge in [0.1, 0.15) is 5.69 Å². The minimum absolute atomic E-state index is 0.154. The maximum Gasteiger partial charge on any atom is 0.354 e. The largest absolute Gasteiger partial charge is 0.477 e. The van der Waals surface area contributed by atoms with Crippen molar-refractivity contribution in [3.63, 3.8) is 0 Å². The monoisotopic (exact) mass is 353 g/mol. The molecule has 2 aromatic rings. The number of amides is 2. The number of likely N-dealkylation sites (tertiary alicyclic amines) is 1. The highest BCUT2D eigenvalue weighted by Crippen LogP contribution is 2.17. The van der Waals surface area contributed by atoms with Crippen LogP contribution in [0.2, 0.25) is 0 Å². The van der Waals surface area contributed by atoms with Gasteiger partial charge in [-0.2, -0.15) is 0 Å². The number of carbonyl (C=O) groups excluding carboxylic acids is 2. The van der Waals surface area contributed by atoms with Crippen molar-refractivity contribution in [2.24, 2.45) is 0 Å². The van der Waals surface area contributed by atoms with Crippen molar-refractivity contribution >= 4 is 17.8 Å². The van der Waals surface area contributed by atoms with E-state index in [4.69, 9.17) is 5.11 Å². The molecule has 0 spiro atoms. The molecule has 7 nitrogen and oxygen atoms in total. The van der Waals surface area contributed by atoms with Gasteiger partial charge in [-0.25, -0.2) is 9.78 Å². The molecule has 2 amide bonds. The van der Waals surface area contributed by atoms with E-state index in [9.17, 15) is 14.4 Å². The van der Waals surface area contributed by atoms with Crippen molar-refractivity contribution in [3.8, 4) is 0 Å². The van der Waals surface area contributed by atoms with Crippen LogP contribution >= 0.6 is 0 Å². The van der Waals surface area contributed by atoms with E-state index in [1.165, 1.54) is 18.3 Å². The Morgan fingerprint density at radius 2 is 1.96 bits per heavy atom. The molecule has 0 unspecified atom stereocenters. The lowest BCUT2D eigenvalue weighted by Crippen LogP contribution is -2.27. The van der Waals surface area contributed by atoms with E-state index in [2.05, 4.69) is 10.3 Å². The number of benzene rings is 1. The van der Waals surface area contributed by atoms with Crippen LogP contribution in [0, 0.1) is 0 Å². The van der Waals surface area contributed by atoms with Gasteiger partial charge in [-0.15, -0.1) is 0 Å². The highest BCUT2D eigenvalue weighted by Gasteiger charge is 2.21. The van der Waals surface area contributed by atoms with E-state index < -0.39 is 5.97 Å². The zero-order valence-electron chi connectivity index (χ0n) is 14.1. The minimum Gasteiger partial charge on any atom is -0.477 e. The molecular weight excluding hydrogens is 334 g/mol. The molecule has 0 saturated carbocycles. The Bertz CT molecular complexity index is 850. The number of nitrogens with zero attached hydrogens (tertiary/aromatic N) is 2. The summed E-state index contributed by atoms with van der Waals surface area (Å²) in [6.07, 6.45) is 2.77. The third-order valence-corrected chi connectivity index (χ3v) is 4.33. The summed E-state index contributed by atoms with van der Waals surface area (Å²) < 4.78 is 0. The summed E-state index contributed by atoms with van der Waals surface area (Å²) in [5.74, 6) is -1.40. The van der Waals surface area contributed by atoms with Crippen LogP contribution in [-0.2, 0) is 17.9 Å².